The molecule has 0 aromatic heterocycles. The number of amides is 1. The molecular formula is C16H21ClFNO4. The number of hydrogen-bond acceptors (Lipinski definition) is 4. The van der Waals surface area contributed by atoms with E-state index in [2.05, 4.69) is 0 Å². The number of ether oxygens (including phenoxy) is 1. The Balaban J connectivity index is 2.47. The molecule has 0 aliphatic rings. The summed E-state index contributed by atoms with van der Waals surface area (Å²) in [5.74, 6) is -1.63. The number of nitrogens with zero attached hydrogens (tertiary/aromatic N) is 1. The minimum atomic E-state index is -0.766. The van der Waals surface area contributed by atoms with Gasteiger partial charge in [0.2, 0.25) is 0 Å². The van der Waals surface area contributed by atoms with Gasteiger partial charge in [0, 0.05) is 24.2 Å². The number of hydrogen-bond donors (Lipinski definition) is 1. The minimum absolute atomic E-state index is 0.0274. The van der Waals surface area contributed by atoms with Gasteiger partial charge in [0.25, 0.3) is 5.91 Å². The van der Waals surface area contributed by atoms with Crippen LogP contribution in [-0.2, 0) is 20.9 Å². The molecule has 0 saturated carbocycles. The maximum Gasteiger partial charge on any atom is 0.308 e. The summed E-state index contributed by atoms with van der Waals surface area (Å²) in [5, 5.41) is 9.72. The molecule has 1 N–H and O–H groups in total. The van der Waals surface area contributed by atoms with Crippen molar-refractivity contribution in [1.29, 1.82) is 0 Å². The zero-order valence-electron chi connectivity index (χ0n) is 13.2. The van der Waals surface area contributed by atoms with Gasteiger partial charge >= 0.3 is 5.97 Å². The Bertz CT molecular complexity index is 533. The highest BCUT2D eigenvalue weighted by atomic mass is 35.5. The Morgan fingerprint density at radius 1 is 1.43 bits per heavy atom. The van der Waals surface area contributed by atoms with Crippen molar-refractivity contribution in [3.8, 4) is 0 Å². The van der Waals surface area contributed by atoms with E-state index in [1.807, 2.05) is 6.92 Å². The van der Waals surface area contributed by atoms with Gasteiger partial charge in [-0.05, 0) is 18.6 Å². The normalized spacial score (nSPS) is 11.9. The molecular weight excluding hydrogens is 325 g/mol. The average molecular weight is 346 g/mol. The standard InChI is InChI=1S/C16H21ClFNO4/c1-3-5-11(20)8-16(22)23-10-15(21)19(2)9-12-13(17)6-4-7-14(12)18/h4,6-7,11,20H,3,5,8-10H2,1-2H3. The van der Waals surface area contributed by atoms with Crippen LogP contribution in [0.1, 0.15) is 31.7 Å². The van der Waals surface area contributed by atoms with Crippen LogP contribution in [0.2, 0.25) is 5.02 Å². The molecule has 0 aliphatic heterocycles. The molecule has 0 spiro atoms. The molecule has 0 bridgehead atoms. The van der Waals surface area contributed by atoms with E-state index in [1.165, 1.54) is 30.1 Å². The Morgan fingerprint density at radius 2 is 2.13 bits per heavy atom. The van der Waals surface area contributed by atoms with Gasteiger partial charge in [-0.25, -0.2) is 4.39 Å². The van der Waals surface area contributed by atoms with Gasteiger partial charge in [-0.15, -0.1) is 0 Å². The molecule has 0 heterocycles. The summed E-state index contributed by atoms with van der Waals surface area (Å²) in [4.78, 5) is 24.6. The number of esters is 1. The fourth-order valence-electron chi connectivity index (χ4n) is 1.95. The van der Waals surface area contributed by atoms with Crippen LogP contribution in [0.4, 0.5) is 4.39 Å². The third kappa shape index (κ3) is 6.54. The lowest BCUT2D eigenvalue weighted by atomic mass is 10.1. The van der Waals surface area contributed by atoms with Crippen molar-refractivity contribution in [1.82, 2.24) is 4.90 Å². The molecule has 1 amide bonds. The first-order valence-corrected chi connectivity index (χ1v) is 7.73. The van der Waals surface area contributed by atoms with Crippen LogP contribution in [0.3, 0.4) is 0 Å². The van der Waals surface area contributed by atoms with Crippen molar-refractivity contribution in [3.05, 3.63) is 34.6 Å². The number of carbonyl (C=O) groups is 2. The number of halogens is 2. The molecule has 0 radical (unpaired) electrons. The van der Waals surface area contributed by atoms with Gasteiger partial charge in [-0.1, -0.05) is 31.0 Å². The number of carbonyl (C=O) groups excluding carboxylic acids is 2. The fraction of sp³-hybridized carbons (Fsp3) is 0.500. The predicted octanol–water partition coefficient (Wildman–Crippen LogP) is 2.53. The van der Waals surface area contributed by atoms with Crippen molar-refractivity contribution < 1.29 is 23.8 Å². The highest BCUT2D eigenvalue weighted by Gasteiger charge is 2.17. The van der Waals surface area contributed by atoms with Crippen molar-refractivity contribution in [2.24, 2.45) is 0 Å². The number of aliphatic hydroxyl groups excluding tert-OH is 1. The van der Waals surface area contributed by atoms with E-state index in [-0.39, 0.29) is 23.6 Å². The van der Waals surface area contributed by atoms with Gasteiger partial charge in [-0.3, -0.25) is 9.59 Å². The van der Waals surface area contributed by atoms with Gasteiger partial charge in [0.05, 0.1) is 12.5 Å². The van der Waals surface area contributed by atoms with E-state index in [0.717, 1.165) is 6.42 Å². The lowest BCUT2D eigenvalue weighted by Gasteiger charge is -2.18. The van der Waals surface area contributed by atoms with Gasteiger partial charge in [-0.2, -0.15) is 0 Å². The summed E-state index contributed by atoms with van der Waals surface area (Å²) in [6.07, 6.45) is 0.329. The van der Waals surface area contributed by atoms with E-state index >= 15 is 0 Å². The molecule has 7 heteroatoms. The van der Waals surface area contributed by atoms with E-state index in [4.69, 9.17) is 16.3 Å². The van der Waals surface area contributed by atoms with Gasteiger partial charge in [0.1, 0.15) is 5.82 Å². The maximum absolute atomic E-state index is 13.7. The Hall–Kier alpha value is -1.66. The highest BCUT2D eigenvalue weighted by molar-refractivity contribution is 6.31. The summed E-state index contributed by atoms with van der Waals surface area (Å²) >= 11 is 5.90. The molecule has 23 heavy (non-hydrogen) atoms. The first kappa shape index (κ1) is 19.4. The highest BCUT2D eigenvalue weighted by Crippen LogP contribution is 2.20. The molecule has 128 valence electrons. The van der Waals surface area contributed by atoms with Crippen molar-refractivity contribution >= 4 is 23.5 Å². The SMILES string of the molecule is CCCC(O)CC(=O)OCC(=O)N(C)Cc1c(F)cccc1Cl. The molecule has 1 aromatic carbocycles. The quantitative estimate of drug-likeness (QED) is 0.735. The van der Waals surface area contributed by atoms with Crippen LogP contribution in [0.15, 0.2) is 18.2 Å². The Kier molecular flexibility index (Phi) is 7.98. The van der Waals surface area contributed by atoms with Crippen LogP contribution in [-0.4, -0.2) is 41.6 Å². The Labute approximate surface area is 140 Å². The van der Waals surface area contributed by atoms with E-state index < -0.39 is 30.4 Å². The summed E-state index contributed by atoms with van der Waals surface area (Å²) in [5.41, 5.74) is 0.203. The summed E-state index contributed by atoms with van der Waals surface area (Å²) in [6, 6.07) is 4.27. The van der Waals surface area contributed by atoms with E-state index in [9.17, 15) is 19.1 Å². The van der Waals surface area contributed by atoms with Crippen LogP contribution in [0.25, 0.3) is 0 Å². The van der Waals surface area contributed by atoms with Crippen LogP contribution < -0.4 is 0 Å². The third-order valence-corrected chi connectivity index (χ3v) is 3.62. The van der Waals surface area contributed by atoms with Crippen molar-refractivity contribution in [3.63, 3.8) is 0 Å². The first-order chi connectivity index (χ1) is 10.8. The number of aliphatic hydroxyl groups is 1. The first-order valence-electron chi connectivity index (χ1n) is 7.35. The second kappa shape index (κ2) is 9.47. The minimum Gasteiger partial charge on any atom is -0.455 e. The molecule has 1 rings (SSSR count). The monoisotopic (exact) mass is 345 g/mol. The summed E-state index contributed by atoms with van der Waals surface area (Å²) in [6.45, 7) is 1.40. The largest absolute Gasteiger partial charge is 0.455 e. The second-order valence-electron chi connectivity index (χ2n) is 5.26. The average Bonchev–Trinajstić information content (AvgIpc) is 2.48. The fourth-order valence-corrected chi connectivity index (χ4v) is 2.17. The molecule has 1 atom stereocenters. The smallest absolute Gasteiger partial charge is 0.308 e. The topological polar surface area (TPSA) is 66.8 Å². The van der Waals surface area contributed by atoms with Crippen LogP contribution in [0, 0.1) is 5.82 Å². The molecule has 0 saturated heterocycles. The van der Waals surface area contributed by atoms with Gasteiger partial charge in [0.15, 0.2) is 6.61 Å². The zero-order chi connectivity index (χ0) is 17.4. The second-order valence-corrected chi connectivity index (χ2v) is 5.66. The van der Waals surface area contributed by atoms with E-state index in [0.29, 0.717) is 6.42 Å². The lowest BCUT2D eigenvalue weighted by Crippen LogP contribution is -2.31. The number of rotatable bonds is 8. The lowest BCUT2D eigenvalue weighted by molar-refractivity contribution is -0.153. The van der Waals surface area contributed by atoms with Gasteiger partial charge < -0.3 is 14.7 Å². The predicted molar refractivity (Wildman–Crippen MR) is 84.4 cm³/mol. The zero-order valence-corrected chi connectivity index (χ0v) is 14.0. The van der Waals surface area contributed by atoms with Crippen molar-refractivity contribution in [2.75, 3.05) is 13.7 Å². The molecule has 1 unspecified atom stereocenters. The molecule has 0 fully saturated rings. The summed E-state index contributed by atoms with van der Waals surface area (Å²) in [7, 11) is 1.46. The molecule has 1 aromatic rings. The summed E-state index contributed by atoms with van der Waals surface area (Å²) < 4.78 is 18.5. The number of benzene rings is 1. The third-order valence-electron chi connectivity index (χ3n) is 3.26. The van der Waals surface area contributed by atoms with Crippen molar-refractivity contribution in [2.45, 2.75) is 38.8 Å². The number of likely N-dealkylation sites (N-methyl/N-ethyl adjacent to an activating group) is 1. The van der Waals surface area contributed by atoms with E-state index in [1.54, 1.807) is 0 Å². The molecule has 0 aliphatic carbocycles. The maximum atomic E-state index is 13.7. The van der Waals surface area contributed by atoms with Crippen LogP contribution in [0.5, 0.6) is 0 Å². The molecule has 5 nitrogen and oxygen atoms in total. The Morgan fingerprint density at radius 3 is 2.74 bits per heavy atom. The van der Waals surface area contributed by atoms with Crippen LogP contribution >= 0.6 is 11.6 Å².